The van der Waals surface area contributed by atoms with E-state index >= 15 is 0 Å². The molecule has 6 heteroatoms. The Bertz CT molecular complexity index is 438. The minimum Gasteiger partial charge on any atom is -0.382 e. The monoisotopic (exact) mass is 338 g/mol. The van der Waals surface area contributed by atoms with Crippen LogP contribution in [0.5, 0.6) is 0 Å². The standard InChI is InChI=1S/C6H4BrIN4/c7-3-4-6(9)10-1-2-12(4)11-5(3)8/h1-2H,(H2,9,10). The zero-order chi connectivity index (χ0) is 8.72. The van der Waals surface area contributed by atoms with E-state index in [1.165, 1.54) is 0 Å². The van der Waals surface area contributed by atoms with E-state index in [1.807, 2.05) is 0 Å². The number of nitrogens with two attached hydrogens (primary N) is 1. The molecular weight excluding hydrogens is 335 g/mol. The van der Waals surface area contributed by atoms with Crippen molar-refractivity contribution >= 4 is 49.9 Å². The first-order valence-electron chi connectivity index (χ1n) is 3.14. The number of hydrogen-bond acceptors (Lipinski definition) is 3. The third-order valence-corrected chi connectivity index (χ3v) is 3.73. The summed E-state index contributed by atoms with van der Waals surface area (Å²) >= 11 is 5.52. The molecule has 0 aliphatic rings. The van der Waals surface area contributed by atoms with Crippen LogP contribution in [-0.4, -0.2) is 14.6 Å². The van der Waals surface area contributed by atoms with Gasteiger partial charge in [-0.25, -0.2) is 9.50 Å². The van der Waals surface area contributed by atoms with Gasteiger partial charge in [-0.3, -0.25) is 0 Å². The van der Waals surface area contributed by atoms with Crippen LogP contribution in [0.2, 0.25) is 0 Å². The Hall–Kier alpha value is -0.370. The lowest BCUT2D eigenvalue weighted by Crippen LogP contribution is -1.95. The molecule has 12 heavy (non-hydrogen) atoms. The van der Waals surface area contributed by atoms with Gasteiger partial charge in [0.1, 0.15) is 9.22 Å². The summed E-state index contributed by atoms with van der Waals surface area (Å²) in [5.41, 5.74) is 6.49. The molecular formula is C6H4BrIN4. The number of halogens is 2. The second kappa shape index (κ2) is 2.84. The quantitative estimate of drug-likeness (QED) is 0.743. The Kier molecular flexibility index (Phi) is 1.95. The van der Waals surface area contributed by atoms with Crippen LogP contribution in [0.15, 0.2) is 16.9 Å². The zero-order valence-electron chi connectivity index (χ0n) is 5.83. The van der Waals surface area contributed by atoms with Gasteiger partial charge in [-0.2, -0.15) is 5.10 Å². The Morgan fingerprint density at radius 1 is 1.58 bits per heavy atom. The van der Waals surface area contributed by atoms with Gasteiger partial charge in [0.05, 0.1) is 4.47 Å². The van der Waals surface area contributed by atoms with Crippen LogP contribution >= 0.6 is 38.5 Å². The molecule has 0 spiro atoms. The highest BCUT2D eigenvalue weighted by atomic mass is 127. The van der Waals surface area contributed by atoms with E-state index in [-0.39, 0.29) is 0 Å². The molecule has 4 nitrogen and oxygen atoms in total. The van der Waals surface area contributed by atoms with Crippen molar-refractivity contribution in [3.63, 3.8) is 0 Å². The number of hydrogen-bond donors (Lipinski definition) is 1. The molecule has 0 atom stereocenters. The van der Waals surface area contributed by atoms with Crippen LogP contribution < -0.4 is 5.73 Å². The number of rotatable bonds is 0. The van der Waals surface area contributed by atoms with Gasteiger partial charge in [-0.05, 0) is 38.5 Å². The molecule has 0 aliphatic heterocycles. The first kappa shape index (κ1) is 8.24. The summed E-state index contributed by atoms with van der Waals surface area (Å²) in [5, 5.41) is 4.21. The summed E-state index contributed by atoms with van der Waals surface area (Å²) in [6, 6.07) is 0. The normalized spacial score (nSPS) is 10.8. The lowest BCUT2D eigenvalue weighted by molar-refractivity contribution is 0.934. The minimum atomic E-state index is 0.486. The third-order valence-electron chi connectivity index (χ3n) is 1.48. The first-order chi connectivity index (χ1) is 5.70. The maximum Gasteiger partial charge on any atom is 0.150 e. The fourth-order valence-electron chi connectivity index (χ4n) is 0.962. The highest BCUT2D eigenvalue weighted by molar-refractivity contribution is 14.1. The van der Waals surface area contributed by atoms with Crippen molar-refractivity contribution in [2.75, 3.05) is 5.73 Å². The van der Waals surface area contributed by atoms with Crippen LogP contribution in [0.3, 0.4) is 0 Å². The van der Waals surface area contributed by atoms with Gasteiger partial charge >= 0.3 is 0 Å². The summed E-state index contributed by atoms with van der Waals surface area (Å²) in [6.07, 6.45) is 3.39. The Labute approximate surface area is 90.4 Å². The molecule has 0 aliphatic carbocycles. The van der Waals surface area contributed by atoms with Crippen molar-refractivity contribution in [1.82, 2.24) is 14.6 Å². The van der Waals surface area contributed by atoms with Crippen molar-refractivity contribution < 1.29 is 0 Å². The number of nitrogens with zero attached hydrogens (tertiary/aromatic N) is 3. The van der Waals surface area contributed by atoms with E-state index in [0.29, 0.717) is 5.82 Å². The van der Waals surface area contributed by atoms with Crippen LogP contribution in [0.1, 0.15) is 0 Å². The van der Waals surface area contributed by atoms with Crippen molar-refractivity contribution in [3.05, 3.63) is 20.6 Å². The molecule has 2 aromatic rings. The average Bonchev–Trinajstić information content (AvgIpc) is 2.29. The lowest BCUT2D eigenvalue weighted by Gasteiger charge is -1.94. The SMILES string of the molecule is Nc1nccn2nc(I)c(Br)c12. The van der Waals surface area contributed by atoms with Crippen molar-refractivity contribution in [1.29, 1.82) is 0 Å². The van der Waals surface area contributed by atoms with Gasteiger partial charge < -0.3 is 5.73 Å². The largest absolute Gasteiger partial charge is 0.382 e. The molecule has 0 amide bonds. The molecule has 2 N–H and O–H groups in total. The minimum absolute atomic E-state index is 0.486. The molecule has 2 heterocycles. The lowest BCUT2D eigenvalue weighted by atomic mass is 10.5. The predicted octanol–water partition coefficient (Wildman–Crippen LogP) is 1.68. The van der Waals surface area contributed by atoms with Crippen molar-refractivity contribution in [2.45, 2.75) is 0 Å². The molecule has 2 rings (SSSR count). The van der Waals surface area contributed by atoms with Gasteiger partial charge in [0.2, 0.25) is 0 Å². The van der Waals surface area contributed by atoms with Gasteiger partial charge in [-0.15, -0.1) is 0 Å². The maximum absolute atomic E-state index is 5.67. The summed E-state index contributed by atoms with van der Waals surface area (Å²) in [7, 11) is 0. The van der Waals surface area contributed by atoms with E-state index in [0.717, 1.165) is 13.7 Å². The summed E-state index contributed by atoms with van der Waals surface area (Å²) < 4.78 is 3.48. The Morgan fingerprint density at radius 3 is 3.00 bits per heavy atom. The van der Waals surface area contributed by atoms with E-state index < -0.39 is 0 Å². The van der Waals surface area contributed by atoms with Crippen LogP contribution in [0.4, 0.5) is 5.82 Å². The first-order valence-corrected chi connectivity index (χ1v) is 5.01. The van der Waals surface area contributed by atoms with Gasteiger partial charge in [-0.1, -0.05) is 0 Å². The third kappa shape index (κ3) is 1.09. The molecule has 0 saturated heterocycles. The van der Waals surface area contributed by atoms with Crippen LogP contribution in [0, 0.1) is 3.70 Å². The number of anilines is 1. The summed E-state index contributed by atoms with van der Waals surface area (Å²) in [6.45, 7) is 0. The molecule has 0 radical (unpaired) electrons. The number of aromatic nitrogens is 3. The summed E-state index contributed by atoms with van der Waals surface area (Å²) in [5.74, 6) is 0.486. The van der Waals surface area contributed by atoms with E-state index in [9.17, 15) is 0 Å². The fourth-order valence-corrected chi connectivity index (χ4v) is 1.91. The molecule has 0 bridgehead atoms. The second-order valence-corrected chi connectivity index (χ2v) is 4.03. The summed E-state index contributed by atoms with van der Waals surface area (Å²) in [4.78, 5) is 3.97. The predicted molar refractivity (Wildman–Crippen MR) is 57.8 cm³/mol. The molecule has 0 unspecified atom stereocenters. The van der Waals surface area contributed by atoms with E-state index in [4.69, 9.17) is 5.73 Å². The Balaban J connectivity index is 2.97. The molecule has 0 saturated carbocycles. The number of nitrogen functional groups attached to an aromatic ring is 1. The second-order valence-electron chi connectivity index (χ2n) is 2.21. The van der Waals surface area contributed by atoms with Crippen LogP contribution in [0.25, 0.3) is 5.52 Å². The highest BCUT2D eigenvalue weighted by Gasteiger charge is 2.09. The fraction of sp³-hybridized carbons (Fsp3) is 0. The Morgan fingerprint density at radius 2 is 2.33 bits per heavy atom. The van der Waals surface area contributed by atoms with Crippen LogP contribution in [-0.2, 0) is 0 Å². The maximum atomic E-state index is 5.67. The smallest absolute Gasteiger partial charge is 0.150 e. The van der Waals surface area contributed by atoms with Gasteiger partial charge in [0.15, 0.2) is 5.82 Å². The topological polar surface area (TPSA) is 56.2 Å². The average molecular weight is 339 g/mol. The number of fused-ring (bicyclic) bond motifs is 1. The van der Waals surface area contributed by atoms with E-state index in [2.05, 4.69) is 48.6 Å². The molecule has 62 valence electrons. The molecule has 0 fully saturated rings. The van der Waals surface area contributed by atoms with Gasteiger partial charge in [0.25, 0.3) is 0 Å². The molecule has 0 aromatic carbocycles. The van der Waals surface area contributed by atoms with Crippen molar-refractivity contribution in [3.8, 4) is 0 Å². The van der Waals surface area contributed by atoms with Gasteiger partial charge in [0, 0.05) is 12.4 Å². The zero-order valence-corrected chi connectivity index (χ0v) is 9.57. The van der Waals surface area contributed by atoms with E-state index in [1.54, 1.807) is 16.9 Å². The highest BCUT2D eigenvalue weighted by Crippen LogP contribution is 2.26. The van der Waals surface area contributed by atoms with Crippen molar-refractivity contribution in [2.24, 2.45) is 0 Å². The molecule has 2 aromatic heterocycles.